The summed E-state index contributed by atoms with van der Waals surface area (Å²) in [5, 5.41) is 1.73. The number of ketones is 1. The average molecular weight is 539 g/mol. The van der Waals surface area contributed by atoms with Crippen LogP contribution in [0, 0.1) is 6.92 Å². The van der Waals surface area contributed by atoms with Crippen LogP contribution in [0.5, 0.6) is 5.75 Å². The van der Waals surface area contributed by atoms with Crippen LogP contribution in [0.25, 0.3) is 39.0 Å². The zero-order valence-corrected chi connectivity index (χ0v) is 21.4. The first kappa shape index (κ1) is 23.7. The van der Waals surface area contributed by atoms with Gasteiger partial charge in [0.2, 0.25) is 0 Å². The highest BCUT2D eigenvalue weighted by Gasteiger charge is 2.19. The highest BCUT2D eigenvalue weighted by molar-refractivity contribution is 9.10. The number of pyridine rings is 2. The van der Waals surface area contributed by atoms with E-state index in [1.807, 2.05) is 74.5 Å². The molecule has 0 saturated carbocycles. The van der Waals surface area contributed by atoms with Crippen LogP contribution < -0.4 is 10.3 Å². The molecule has 0 fully saturated rings. The fraction of sp³-hybridized carbons (Fsp3) is 0.100. The van der Waals surface area contributed by atoms with Crippen LogP contribution >= 0.6 is 15.9 Å². The lowest BCUT2D eigenvalue weighted by Gasteiger charge is -2.14. The average Bonchev–Trinajstić information content (AvgIpc) is 2.87. The number of aryl methyl sites for hydroxylation is 1. The largest absolute Gasteiger partial charge is 0.494 e. The predicted molar refractivity (Wildman–Crippen MR) is 149 cm³/mol. The summed E-state index contributed by atoms with van der Waals surface area (Å²) in [6.07, 6.45) is 3.02. The Hall–Kier alpha value is -4.03. The second kappa shape index (κ2) is 9.91. The number of aromatic amines is 1. The van der Waals surface area contributed by atoms with Gasteiger partial charge in [-0.05, 0) is 73.3 Å². The van der Waals surface area contributed by atoms with E-state index < -0.39 is 0 Å². The second-order valence-electron chi connectivity index (χ2n) is 8.41. The summed E-state index contributed by atoms with van der Waals surface area (Å²) in [5.41, 5.74) is 4.52. The molecule has 0 atom stereocenters. The lowest BCUT2D eigenvalue weighted by atomic mass is 9.92. The van der Waals surface area contributed by atoms with Crippen molar-refractivity contribution in [3.05, 3.63) is 111 Å². The number of carbonyl (C=O) groups excluding carboxylic acids is 1. The third-order valence-corrected chi connectivity index (χ3v) is 6.50. The molecule has 0 aliphatic rings. The topological polar surface area (TPSA) is 72.0 Å². The Balaban J connectivity index is 1.60. The molecular weight excluding hydrogens is 516 g/mol. The zero-order chi connectivity index (χ0) is 25.2. The summed E-state index contributed by atoms with van der Waals surface area (Å²) in [4.78, 5) is 33.9. The first-order chi connectivity index (χ1) is 17.4. The fourth-order valence-electron chi connectivity index (χ4n) is 4.39. The molecule has 0 spiro atoms. The molecule has 0 amide bonds. The van der Waals surface area contributed by atoms with Crippen molar-refractivity contribution in [2.45, 2.75) is 13.8 Å². The van der Waals surface area contributed by atoms with E-state index in [4.69, 9.17) is 9.72 Å². The van der Waals surface area contributed by atoms with Crippen molar-refractivity contribution in [3.8, 4) is 16.9 Å². The van der Waals surface area contributed by atoms with Gasteiger partial charge in [0.25, 0.3) is 5.56 Å². The molecule has 0 saturated heterocycles. The standard InChI is InChI=1S/C30H23BrN2O3/c1-3-36-23-12-9-20-15-21(30(35)33-26(20)17-23)10-14-27(34)28-18(2)32-25-13-11-22(31)16-24(25)29(28)19-7-5-4-6-8-19/h4-17H,3H2,1-2H3,(H,33,35)/b14-10-. The Kier molecular flexibility index (Phi) is 6.53. The van der Waals surface area contributed by atoms with Gasteiger partial charge in [-0.15, -0.1) is 0 Å². The first-order valence-electron chi connectivity index (χ1n) is 11.6. The number of fused-ring (bicyclic) bond motifs is 2. The minimum atomic E-state index is -0.277. The van der Waals surface area contributed by atoms with E-state index in [1.165, 1.54) is 6.08 Å². The number of H-pyrrole nitrogens is 1. The van der Waals surface area contributed by atoms with Gasteiger partial charge in [-0.25, -0.2) is 0 Å². The monoisotopic (exact) mass is 538 g/mol. The van der Waals surface area contributed by atoms with Gasteiger partial charge < -0.3 is 9.72 Å². The Labute approximate surface area is 216 Å². The summed E-state index contributed by atoms with van der Waals surface area (Å²) in [7, 11) is 0. The number of benzene rings is 3. The second-order valence-corrected chi connectivity index (χ2v) is 9.32. The number of nitrogens with zero attached hydrogens (tertiary/aromatic N) is 1. The number of ether oxygens (including phenoxy) is 1. The summed E-state index contributed by atoms with van der Waals surface area (Å²) in [6.45, 7) is 4.30. The van der Waals surface area contributed by atoms with E-state index in [9.17, 15) is 9.59 Å². The first-order valence-corrected chi connectivity index (χ1v) is 12.4. The van der Waals surface area contributed by atoms with Crippen molar-refractivity contribution >= 4 is 49.6 Å². The maximum Gasteiger partial charge on any atom is 0.255 e. The number of hydrogen-bond donors (Lipinski definition) is 1. The van der Waals surface area contributed by atoms with Crippen molar-refractivity contribution in [1.82, 2.24) is 9.97 Å². The molecule has 0 aliphatic carbocycles. The number of rotatable bonds is 6. The number of carbonyl (C=O) groups is 1. The maximum atomic E-state index is 13.6. The highest BCUT2D eigenvalue weighted by atomic mass is 79.9. The third-order valence-electron chi connectivity index (χ3n) is 6.01. The van der Waals surface area contributed by atoms with Gasteiger partial charge in [-0.3, -0.25) is 14.6 Å². The van der Waals surface area contributed by atoms with Crippen LogP contribution in [0.1, 0.15) is 28.5 Å². The van der Waals surface area contributed by atoms with Crippen LogP contribution in [0.15, 0.2) is 88.1 Å². The van der Waals surface area contributed by atoms with Crippen LogP contribution in [0.3, 0.4) is 0 Å². The molecule has 0 unspecified atom stereocenters. The number of nitrogens with one attached hydrogen (secondary N) is 1. The van der Waals surface area contributed by atoms with Crippen molar-refractivity contribution in [2.75, 3.05) is 6.61 Å². The lowest BCUT2D eigenvalue weighted by molar-refractivity contribution is 0.104. The molecule has 2 aromatic heterocycles. The van der Waals surface area contributed by atoms with Crippen molar-refractivity contribution in [1.29, 1.82) is 0 Å². The molecule has 36 heavy (non-hydrogen) atoms. The molecule has 1 N–H and O–H groups in total. The fourth-order valence-corrected chi connectivity index (χ4v) is 4.75. The minimum absolute atomic E-state index is 0.216. The number of halogens is 1. The molecule has 5 aromatic rings. The van der Waals surface area contributed by atoms with E-state index in [0.29, 0.717) is 34.7 Å². The Morgan fingerprint density at radius 3 is 2.64 bits per heavy atom. The molecule has 0 radical (unpaired) electrons. The molecule has 5 nitrogen and oxygen atoms in total. The van der Waals surface area contributed by atoms with Crippen LogP contribution in [0.2, 0.25) is 0 Å². The molecule has 0 aliphatic heterocycles. The SMILES string of the molecule is CCOc1ccc2cc(/C=C\C(=O)c3c(C)nc4ccc(Br)cc4c3-c3ccccc3)c(=O)[nH]c2c1. The lowest BCUT2D eigenvalue weighted by Crippen LogP contribution is -2.10. The van der Waals surface area contributed by atoms with Crippen molar-refractivity contribution in [2.24, 2.45) is 0 Å². The van der Waals surface area contributed by atoms with Crippen LogP contribution in [-0.4, -0.2) is 22.4 Å². The van der Waals surface area contributed by atoms with Crippen LogP contribution in [-0.2, 0) is 0 Å². The predicted octanol–water partition coefficient (Wildman–Crippen LogP) is 7.11. The Morgan fingerprint density at radius 1 is 1.06 bits per heavy atom. The van der Waals surface area contributed by atoms with Gasteiger partial charge in [-0.2, -0.15) is 0 Å². The molecule has 5 rings (SSSR count). The third kappa shape index (κ3) is 4.60. The zero-order valence-electron chi connectivity index (χ0n) is 19.8. The molecule has 2 heterocycles. The van der Waals surface area contributed by atoms with Crippen molar-refractivity contribution < 1.29 is 9.53 Å². The quantitative estimate of drug-likeness (QED) is 0.184. The Bertz CT molecular complexity index is 1710. The summed E-state index contributed by atoms with van der Waals surface area (Å²) in [6, 6.07) is 23.0. The number of aromatic nitrogens is 2. The van der Waals surface area contributed by atoms with Crippen molar-refractivity contribution in [3.63, 3.8) is 0 Å². The highest BCUT2D eigenvalue weighted by Crippen LogP contribution is 2.35. The number of hydrogen-bond acceptors (Lipinski definition) is 4. The summed E-state index contributed by atoms with van der Waals surface area (Å²) in [5.74, 6) is 0.477. The molecule has 3 aromatic carbocycles. The molecular formula is C30H23BrN2O3. The van der Waals surface area contributed by atoms with E-state index in [2.05, 4.69) is 20.9 Å². The van der Waals surface area contributed by atoms with E-state index >= 15 is 0 Å². The number of allylic oxidation sites excluding steroid dienone is 1. The van der Waals surface area contributed by atoms with Gasteiger partial charge >= 0.3 is 0 Å². The smallest absolute Gasteiger partial charge is 0.255 e. The van der Waals surface area contributed by atoms with Gasteiger partial charge in [0.05, 0.1) is 23.2 Å². The van der Waals surface area contributed by atoms with E-state index in [0.717, 1.165) is 31.9 Å². The summed E-state index contributed by atoms with van der Waals surface area (Å²) < 4.78 is 6.42. The van der Waals surface area contributed by atoms with E-state index in [-0.39, 0.29) is 11.3 Å². The van der Waals surface area contributed by atoms with Gasteiger partial charge in [0.1, 0.15) is 5.75 Å². The van der Waals surface area contributed by atoms with Crippen LogP contribution in [0.4, 0.5) is 0 Å². The summed E-state index contributed by atoms with van der Waals surface area (Å²) >= 11 is 3.55. The van der Waals surface area contributed by atoms with Gasteiger partial charge in [-0.1, -0.05) is 46.3 Å². The van der Waals surface area contributed by atoms with E-state index in [1.54, 1.807) is 18.2 Å². The minimum Gasteiger partial charge on any atom is -0.494 e. The van der Waals surface area contributed by atoms with Gasteiger partial charge in [0, 0.05) is 32.7 Å². The Morgan fingerprint density at radius 2 is 1.86 bits per heavy atom. The molecule has 0 bridgehead atoms. The maximum absolute atomic E-state index is 13.6. The normalized spacial score (nSPS) is 11.4. The molecule has 6 heteroatoms. The van der Waals surface area contributed by atoms with Gasteiger partial charge in [0.15, 0.2) is 5.78 Å². The molecule has 178 valence electrons.